The Balaban J connectivity index is -0.000000786. The van der Waals surface area contributed by atoms with E-state index < -0.39 is 67.1 Å². The quantitative estimate of drug-likeness (QED) is 0.0345. The van der Waals surface area contributed by atoms with E-state index in [4.69, 9.17) is 19.2 Å². The van der Waals surface area contributed by atoms with Crippen LogP contribution in [-0.2, 0) is 4.57 Å². The summed E-state index contributed by atoms with van der Waals surface area (Å²) in [5.74, 6) is 0. The van der Waals surface area contributed by atoms with Crippen LogP contribution in [0.25, 0.3) is 0 Å². The Bertz CT molecular complexity index is 1310. The molecule has 4 nitrogen and oxygen atoms in total. The molecule has 0 rings (SSSR count). The Morgan fingerprint density at radius 3 is 0.233 bits per heavy atom. The molecule has 0 saturated heterocycles. The van der Waals surface area contributed by atoms with E-state index in [9.17, 15) is 0 Å². The minimum Gasteiger partial charge on any atom is -0.822 e. The minimum atomic E-state index is -5.39. The van der Waals surface area contributed by atoms with Gasteiger partial charge in [0.1, 0.15) is 0 Å². The van der Waals surface area contributed by atoms with Crippen molar-refractivity contribution in [2.24, 2.45) is 0 Å². The van der Waals surface area contributed by atoms with Crippen LogP contribution < -0.4 is 14.7 Å². The first-order valence-corrected chi connectivity index (χ1v) is 74.9. The minimum absolute atomic E-state index is 1.09. The molecule has 0 aliphatic heterocycles. The van der Waals surface area contributed by atoms with Gasteiger partial charge >= 0.3 is 739 Å². The summed E-state index contributed by atoms with van der Waals surface area (Å²) in [7, 11) is -5.39. The van der Waals surface area contributed by atoms with Crippen LogP contribution >= 0.6 is 7.82 Å². The fourth-order valence-corrected chi connectivity index (χ4v) is 43.6. The van der Waals surface area contributed by atoms with Gasteiger partial charge in [0.2, 0.25) is 0 Å². The van der Waals surface area contributed by atoms with E-state index >= 15 is 0 Å². The summed E-state index contributed by atoms with van der Waals surface area (Å²) >= 11 is -3.28. The van der Waals surface area contributed by atoms with Crippen LogP contribution in [0.3, 0.4) is 0 Å². The molecular weight excluding hydrogens is 1750 g/mol. The van der Waals surface area contributed by atoms with Gasteiger partial charge in [0, 0.05) is 0 Å². The molecule has 8 heteroatoms. The maximum atomic E-state index is 8.55. The van der Waals surface area contributed by atoms with E-state index in [2.05, 4.69) is 62.3 Å². The van der Waals surface area contributed by atoms with Crippen LogP contribution in [0.4, 0.5) is 0 Å². The van der Waals surface area contributed by atoms with E-state index in [-0.39, 0.29) is 0 Å². The predicted octanol–water partition coefficient (Wildman–Crippen LogP) is 39.9. The summed E-state index contributed by atoms with van der Waals surface area (Å²) in [5, 5.41) is 0. The zero-order chi connectivity index (χ0) is 85.2. The van der Waals surface area contributed by atoms with Gasteiger partial charge < -0.3 is 19.2 Å². The van der Waals surface area contributed by atoms with Crippen molar-refractivity contribution in [3.63, 3.8) is 0 Å². The third kappa shape index (κ3) is 127. The molecule has 0 radical (unpaired) electrons. The summed E-state index contributed by atoms with van der Waals surface area (Å²) in [6.07, 6.45) is 135. The molecule has 0 saturated carbocycles. The number of hydrogen-bond acceptors (Lipinski definition) is 4. The standard InChI is InChI=1S/9C12H25.H3O4P.3Sn/c9*1-3-5-7-9-11-12-10-8-6-4-2;1-5(2,3)4;;;/h9*1,3-12H2,2H3;(H3,1,2,3,4);;;/q;;;;;;;;;;3*+1/p-3. The van der Waals surface area contributed by atoms with Crippen LogP contribution in [-0.4, -0.2) is 59.3 Å². The first-order chi connectivity index (χ1) is 57.0. The molecule has 0 spiro atoms. The van der Waals surface area contributed by atoms with E-state index in [0.29, 0.717) is 0 Å². The normalized spacial score (nSPS) is 11.4. The van der Waals surface area contributed by atoms with E-state index in [1.54, 1.807) is 156 Å². The fourth-order valence-electron chi connectivity index (χ4n) is 17.9. The van der Waals surface area contributed by atoms with Gasteiger partial charge in [-0.3, -0.25) is 0 Å². The second-order valence-electron chi connectivity index (χ2n) is 38.1. The molecule has 0 fully saturated rings. The van der Waals surface area contributed by atoms with Crippen molar-refractivity contribution in [1.82, 2.24) is 0 Å². The van der Waals surface area contributed by atoms with Crippen molar-refractivity contribution in [3.8, 4) is 0 Å². The molecular formula is C108H225O4PSn3. The zero-order valence-electron chi connectivity index (χ0n) is 82.6. The van der Waals surface area contributed by atoms with Gasteiger partial charge in [-0.2, -0.15) is 7.82 Å². The predicted molar refractivity (Wildman–Crippen MR) is 535 cm³/mol. The monoisotopic (exact) mass is 1980 g/mol. The van der Waals surface area contributed by atoms with Gasteiger partial charge in [-0.1, -0.05) is 0 Å². The summed E-state index contributed by atoms with van der Waals surface area (Å²) in [4.78, 5) is 25.6. The Morgan fingerprint density at radius 1 is 0.121 bits per heavy atom. The summed E-state index contributed by atoms with van der Waals surface area (Å²) < 4.78 is 24.1. The number of rotatable bonds is 99. The van der Waals surface area contributed by atoms with Crippen molar-refractivity contribution in [3.05, 3.63) is 0 Å². The first-order valence-electron chi connectivity index (χ1n) is 55.3. The first kappa shape index (κ1) is 125. The molecule has 0 amide bonds. The van der Waals surface area contributed by atoms with Crippen molar-refractivity contribution >= 4 is 67.1 Å². The summed E-state index contributed by atoms with van der Waals surface area (Å²) in [5.41, 5.74) is 0. The Kier molecular flexibility index (Phi) is 126. The summed E-state index contributed by atoms with van der Waals surface area (Å²) in [6, 6.07) is 0. The molecule has 0 heterocycles. The molecule has 0 aromatic rings. The van der Waals surface area contributed by atoms with Gasteiger partial charge in [0.05, 0.1) is 0 Å². The van der Waals surface area contributed by atoms with Crippen LogP contribution in [0.1, 0.15) is 640 Å². The molecule has 0 aliphatic rings. The maximum absolute atomic E-state index is 8.55. The molecule has 0 N–H and O–H groups in total. The SMILES string of the molecule is CCCCCCCCCCC[CH2][Sn+]([CH2]CCCCCCCCCCC)[CH2]CCCCCCCCCCC.CCCCCCCCCCC[CH2][Sn+]([CH2]CCCCCCCCCCC)[CH2]CCCCCCCCCCC.CCCCCCCCCCC[CH2][Sn+]([CH2]CCCCCCCCCCC)[CH2]CCCCCCCCCCC.O=P([O-])([O-])[O-]. The fraction of sp³-hybridized carbons (Fsp3) is 1.00. The number of unbranched alkanes of at least 4 members (excludes halogenated alkanes) is 81. The van der Waals surface area contributed by atoms with Gasteiger partial charge in [-0.25, -0.2) is 0 Å². The number of phosphoric acid groups is 1. The molecule has 0 aromatic heterocycles. The van der Waals surface area contributed by atoms with E-state index in [1.165, 1.54) is 462 Å². The topological polar surface area (TPSA) is 86.2 Å². The molecule has 698 valence electrons. The van der Waals surface area contributed by atoms with Crippen LogP contribution in [0, 0.1) is 0 Å². The van der Waals surface area contributed by atoms with Crippen LogP contribution in [0.2, 0.25) is 39.9 Å². The Labute approximate surface area is 759 Å². The van der Waals surface area contributed by atoms with Crippen molar-refractivity contribution < 1.29 is 19.2 Å². The van der Waals surface area contributed by atoms with Crippen molar-refractivity contribution in [2.45, 2.75) is 680 Å². The smallest absolute Gasteiger partial charge is 0.822 e. The van der Waals surface area contributed by atoms with Gasteiger partial charge in [-0.05, 0) is 0 Å². The Morgan fingerprint density at radius 2 is 0.172 bits per heavy atom. The van der Waals surface area contributed by atoms with Crippen LogP contribution in [0.5, 0.6) is 0 Å². The van der Waals surface area contributed by atoms with E-state index in [1.807, 2.05) is 0 Å². The van der Waals surface area contributed by atoms with Gasteiger partial charge in [-0.15, -0.1) is 0 Å². The van der Waals surface area contributed by atoms with Crippen LogP contribution in [0.15, 0.2) is 0 Å². The third-order valence-electron chi connectivity index (χ3n) is 26.0. The van der Waals surface area contributed by atoms with E-state index in [0.717, 1.165) is 0 Å². The van der Waals surface area contributed by atoms with Gasteiger partial charge in [0.25, 0.3) is 0 Å². The second kappa shape index (κ2) is 118. The average Bonchev–Trinajstić information content (AvgIpc) is 1.01. The molecule has 0 atom stereocenters. The third-order valence-corrected chi connectivity index (χ3v) is 53.2. The summed E-state index contributed by atoms with van der Waals surface area (Å²) in [6.45, 7) is 20.9. The number of hydrogen-bond donors (Lipinski definition) is 0. The van der Waals surface area contributed by atoms with Gasteiger partial charge in [0.15, 0.2) is 0 Å². The molecule has 0 unspecified atom stereocenters. The average molecular weight is 1980 g/mol. The Hall–Kier alpha value is 2.51. The molecule has 0 bridgehead atoms. The van der Waals surface area contributed by atoms with Crippen molar-refractivity contribution in [2.75, 3.05) is 0 Å². The zero-order valence-corrected chi connectivity index (χ0v) is 92.0. The molecule has 0 aromatic carbocycles. The molecule has 0 aliphatic carbocycles. The second-order valence-corrected chi connectivity index (χ2v) is 64.7. The molecule has 116 heavy (non-hydrogen) atoms. The van der Waals surface area contributed by atoms with Crippen molar-refractivity contribution in [1.29, 1.82) is 0 Å².